The lowest BCUT2D eigenvalue weighted by Gasteiger charge is -2.10. The van der Waals surface area contributed by atoms with Crippen molar-refractivity contribution in [1.82, 2.24) is 0 Å². The number of carbonyl (C=O) groups excluding carboxylic acids is 1. The van der Waals surface area contributed by atoms with E-state index in [1.165, 1.54) is 6.07 Å². The average Bonchev–Trinajstić information content (AvgIpc) is 2.42. The van der Waals surface area contributed by atoms with Gasteiger partial charge in [-0.2, -0.15) is 0 Å². The van der Waals surface area contributed by atoms with Gasteiger partial charge < -0.3 is 5.32 Å². The summed E-state index contributed by atoms with van der Waals surface area (Å²) < 4.78 is 0. The molecule has 0 aliphatic carbocycles. The summed E-state index contributed by atoms with van der Waals surface area (Å²) in [5.74, 6) is -0.252. The first-order valence-corrected chi connectivity index (χ1v) is 7.17. The van der Waals surface area contributed by atoms with Gasteiger partial charge in [0.25, 0.3) is 0 Å². The lowest BCUT2D eigenvalue weighted by molar-refractivity contribution is -0.115. The number of rotatable bonds is 3. The summed E-state index contributed by atoms with van der Waals surface area (Å²) >= 11 is 24.0. The molecule has 0 spiro atoms. The van der Waals surface area contributed by atoms with Gasteiger partial charge in [-0.3, -0.25) is 4.79 Å². The first kappa shape index (κ1) is 15.5. The van der Waals surface area contributed by atoms with E-state index < -0.39 is 0 Å². The van der Waals surface area contributed by atoms with Gasteiger partial charge in [-0.05, 0) is 18.2 Å². The Morgan fingerprint density at radius 1 is 0.950 bits per heavy atom. The summed E-state index contributed by atoms with van der Waals surface area (Å²) in [7, 11) is 0. The van der Waals surface area contributed by atoms with Crippen LogP contribution in [0.25, 0.3) is 0 Å². The smallest absolute Gasteiger partial charge is 0.228 e. The summed E-state index contributed by atoms with van der Waals surface area (Å²) in [6.07, 6.45) is -0.00710. The number of para-hydroxylation sites is 1. The van der Waals surface area contributed by atoms with Crippen molar-refractivity contribution in [2.24, 2.45) is 0 Å². The third-order valence-electron chi connectivity index (χ3n) is 2.60. The molecule has 2 aromatic rings. The van der Waals surface area contributed by atoms with Gasteiger partial charge in [0.2, 0.25) is 5.91 Å². The van der Waals surface area contributed by atoms with Crippen molar-refractivity contribution in [2.45, 2.75) is 6.42 Å². The van der Waals surface area contributed by atoms with Gasteiger partial charge in [-0.1, -0.05) is 64.6 Å². The SMILES string of the molecule is O=C(Cc1c(Cl)c(Cl)cc(Cl)c1Cl)Nc1ccccc1. The van der Waals surface area contributed by atoms with E-state index in [2.05, 4.69) is 5.32 Å². The molecule has 2 aromatic carbocycles. The molecule has 0 unspecified atom stereocenters. The molecule has 0 heterocycles. The minimum absolute atomic E-state index is 0.00710. The Bertz CT molecular complexity index is 617. The third-order valence-corrected chi connectivity index (χ3v) is 4.25. The zero-order valence-electron chi connectivity index (χ0n) is 10.1. The van der Waals surface area contributed by atoms with E-state index in [1.807, 2.05) is 18.2 Å². The molecule has 1 amide bonds. The van der Waals surface area contributed by atoms with Crippen LogP contribution in [0.2, 0.25) is 20.1 Å². The van der Waals surface area contributed by atoms with E-state index in [0.717, 1.165) is 0 Å². The van der Waals surface area contributed by atoms with Crippen LogP contribution in [-0.4, -0.2) is 5.91 Å². The van der Waals surface area contributed by atoms with E-state index in [9.17, 15) is 4.79 Å². The van der Waals surface area contributed by atoms with Gasteiger partial charge >= 0.3 is 0 Å². The molecule has 0 saturated heterocycles. The maximum absolute atomic E-state index is 12.0. The van der Waals surface area contributed by atoms with Crippen LogP contribution in [0.5, 0.6) is 0 Å². The Kier molecular flexibility index (Phi) is 5.17. The largest absolute Gasteiger partial charge is 0.326 e. The molecule has 0 aromatic heterocycles. The van der Waals surface area contributed by atoms with Crippen LogP contribution in [0, 0.1) is 0 Å². The second-order valence-electron chi connectivity index (χ2n) is 4.04. The molecule has 104 valence electrons. The van der Waals surface area contributed by atoms with E-state index in [1.54, 1.807) is 12.1 Å². The molecule has 6 heteroatoms. The first-order chi connectivity index (χ1) is 9.49. The summed E-state index contributed by atoms with van der Waals surface area (Å²) in [4.78, 5) is 12.0. The molecule has 2 rings (SSSR count). The van der Waals surface area contributed by atoms with E-state index in [-0.39, 0.29) is 32.4 Å². The first-order valence-electron chi connectivity index (χ1n) is 5.66. The van der Waals surface area contributed by atoms with Crippen molar-refractivity contribution in [2.75, 3.05) is 5.32 Å². The maximum Gasteiger partial charge on any atom is 0.228 e. The second-order valence-corrected chi connectivity index (χ2v) is 5.61. The molecule has 0 atom stereocenters. The topological polar surface area (TPSA) is 29.1 Å². The highest BCUT2D eigenvalue weighted by Crippen LogP contribution is 2.37. The standard InChI is InChI=1S/C14H9Cl4NO/c15-10-7-11(16)14(18)9(13(10)17)6-12(20)19-8-4-2-1-3-5-8/h1-5,7H,6H2,(H,19,20). The number of carbonyl (C=O) groups is 1. The fourth-order valence-electron chi connectivity index (χ4n) is 1.67. The Morgan fingerprint density at radius 3 is 2.05 bits per heavy atom. The maximum atomic E-state index is 12.0. The van der Waals surface area contributed by atoms with Gasteiger partial charge in [-0.15, -0.1) is 0 Å². The van der Waals surface area contributed by atoms with Gasteiger partial charge in [0, 0.05) is 11.3 Å². The van der Waals surface area contributed by atoms with Crippen molar-refractivity contribution in [3.8, 4) is 0 Å². The summed E-state index contributed by atoms with van der Waals surface area (Å²) in [5.41, 5.74) is 1.11. The normalized spacial score (nSPS) is 10.4. The molecular formula is C14H9Cl4NO. The summed E-state index contributed by atoms with van der Waals surface area (Å²) in [5, 5.41) is 3.76. The van der Waals surface area contributed by atoms with Crippen molar-refractivity contribution in [1.29, 1.82) is 0 Å². The van der Waals surface area contributed by atoms with Crippen LogP contribution in [0.3, 0.4) is 0 Å². The highest BCUT2D eigenvalue weighted by molar-refractivity contribution is 6.48. The third kappa shape index (κ3) is 3.58. The fourth-order valence-corrected chi connectivity index (χ4v) is 2.65. The van der Waals surface area contributed by atoms with Crippen LogP contribution < -0.4 is 5.32 Å². The quantitative estimate of drug-likeness (QED) is 0.731. The predicted octanol–water partition coefficient (Wildman–Crippen LogP) is 5.48. The van der Waals surface area contributed by atoms with E-state index >= 15 is 0 Å². The molecule has 0 aliphatic rings. The molecule has 0 bridgehead atoms. The molecule has 20 heavy (non-hydrogen) atoms. The van der Waals surface area contributed by atoms with E-state index in [4.69, 9.17) is 46.4 Å². The van der Waals surface area contributed by atoms with Gasteiger partial charge in [0.05, 0.1) is 26.5 Å². The number of hydrogen-bond donors (Lipinski definition) is 1. The van der Waals surface area contributed by atoms with E-state index in [0.29, 0.717) is 11.3 Å². The molecule has 0 radical (unpaired) electrons. The minimum Gasteiger partial charge on any atom is -0.326 e. The van der Waals surface area contributed by atoms with Crippen molar-refractivity contribution in [3.63, 3.8) is 0 Å². The van der Waals surface area contributed by atoms with Gasteiger partial charge in [0.15, 0.2) is 0 Å². The summed E-state index contributed by atoms with van der Waals surface area (Å²) in [6.45, 7) is 0. The number of nitrogens with one attached hydrogen (secondary N) is 1. The van der Waals surface area contributed by atoms with Crippen LogP contribution in [0.15, 0.2) is 36.4 Å². The zero-order chi connectivity index (χ0) is 14.7. The molecule has 0 aliphatic heterocycles. The zero-order valence-corrected chi connectivity index (χ0v) is 13.1. The van der Waals surface area contributed by atoms with Gasteiger partial charge in [-0.25, -0.2) is 0 Å². The van der Waals surface area contributed by atoms with Gasteiger partial charge in [0.1, 0.15) is 0 Å². The highest BCUT2D eigenvalue weighted by atomic mass is 35.5. The number of benzene rings is 2. The minimum atomic E-state index is -0.252. The molecule has 2 nitrogen and oxygen atoms in total. The van der Waals surface area contributed by atoms with Crippen LogP contribution in [0.1, 0.15) is 5.56 Å². The number of amides is 1. The number of hydrogen-bond acceptors (Lipinski definition) is 1. The average molecular weight is 349 g/mol. The van der Waals surface area contributed by atoms with Crippen molar-refractivity contribution < 1.29 is 4.79 Å². The Morgan fingerprint density at radius 2 is 1.50 bits per heavy atom. The Balaban J connectivity index is 2.20. The van der Waals surface area contributed by atoms with Crippen molar-refractivity contribution in [3.05, 3.63) is 62.1 Å². The molecule has 1 N–H and O–H groups in total. The van der Waals surface area contributed by atoms with Crippen LogP contribution in [0.4, 0.5) is 5.69 Å². The Labute approximate surface area is 136 Å². The monoisotopic (exact) mass is 347 g/mol. The lowest BCUT2D eigenvalue weighted by atomic mass is 10.1. The molecule has 0 saturated carbocycles. The molecular weight excluding hydrogens is 340 g/mol. The molecule has 0 fully saturated rings. The summed E-state index contributed by atoms with van der Waals surface area (Å²) in [6, 6.07) is 10.5. The number of anilines is 1. The lowest BCUT2D eigenvalue weighted by Crippen LogP contribution is -2.15. The highest BCUT2D eigenvalue weighted by Gasteiger charge is 2.16. The van der Waals surface area contributed by atoms with Crippen LogP contribution in [-0.2, 0) is 11.2 Å². The second kappa shape index (κ2) is 6.68. The Hall–Kier alpha value is -0.930. The van der Waals surface area contributed by atoms with Crippen molar-refractivity contribution >= 4 is 58.0 Å². The fraction of sp³-hybridized carbons (Fsp3) is 0.0714. The van der Waals surface area contributed by atoms with Crippen LogP contribution >= 0.6 is 46.4 Å². The predicted molar refractivity (Wildman–Crippen MR) is 85.3 cm³/mol. The number of halogens is 4.